The molecular formula is C24H30ClN3O3S. The Labute approximate surface area is 195 Å². The number of fused-ring (bicyclic) bond motifs is 1. The molecule has 8 heteroatoms. The van der Waals surface area contributed by atoms with E-state index in [0.717, 1.165) is 38.5 Å². The van der Waals surface area contributed by atoms with E-state index in [9.17, 15) is 13.2 Å². The number of hydrogen-bond acceptors (Lipinski definition) is 4. The Bertz CT molecular complexity index is 1080. The van der Waals surface area contributed by atoms with Crippen LogP contribution in [-0.2, 0) is 21.2 Å². The molecule has 4 rings (SSSR count). The van der Waals surface area contributed by atoms with Crippen molar-refractivity contribution in [1.29, 1.82) is 0 Å². The van der Waals surface area contributed by atoms with Crippen molar-refractivity contribution in [2.45, 2.75) is 49.5 Å². The van der Waals surface area contributed by atoms with Gasteiger partial charge in [-0.3, -0.25) is 9.69 Å². The Morgan fingerprint density at radius 3 is 2.59 bits per heavy atom. The third-order valence-corrected chi connectivity index (χ3v) is 8.67. The number of hydrogen-bond donors (Lipinski definition) is 1. The number of aryl methyl sites for hydroxylation is 1. The molecule has 1 atom stereocenters. The number of nitrogens with one attached hydrogen (secondary N) is 1. The normalized spacial score (nSPS) is 19.5. The first-order chi connectivity index (χ1) is 15.4. The monoisotopic (exact) mass is 475 g/mol. The topological polar surface area (TPSA) is 69.7 Å². The van der Waals surface area contributed by atoms with Crippen LogP contribution in [0, 0.1) is 0 Å². The highest BCUT2D eigenvalue weighted by Crippen LogP contribution is 2.35. The molecule has 0 bridgehead atoms. The fraction of sp³-hybridized carbons (Fsp3) is 0.458. The lowest BCUT2D eigenvalue weighted by Gasteiger charge is -2.25. The van der Waals surface area contributed by atoms with E-state index in [0.29, 0.717) is 23.8 Å². The van der Waals surface area contributed by atoms with Crippen molar-refractivity contribution >= 4 is 33.2 Å². The fourth-order valence-corrected chi connectivity index (χ4v) is 6.42. The Kier molecular flexibility index (Phi) is 7.20. The van der Waals surface area contributed by atoms with Crippen LogP contribution in [0.3, 0.4) is 0 Å². The minimum absolute atomic E-state index is 0.164. The van der Waals surface area contributed by atoms with Crippen LogP contribution in [0.15, 0.2) is 47.4 Å². The first-order valence-electron chi connectivity index (χ1n) is 11.2. The number of benzene rings is 2. The maximum absolute atomic E-state index is 13.1. The van der Waals surface area contributed by atoms with E-state index in [1.165, 1.54) is 23.3 Å². The lowest BCUT2D eigenvalue weighted by Crippen LogP contribution is -2.33. The van der Waals surface area contributed by atoms with Gasteiger partial charge in [0.1, 0.15) is 0 Å². The molecule has 0 aromatic heterocycles. The third-order valence-electron chi connectivity index (χ3n) is 6.44. The molecule has 32 heavy (non-hydrogen) atoms. The van der Waals surface area contributed by atoms with Gasteiger partial charge in [0, 0.05) is 19.1 Å². The molecule has 2 aromatic rings. The summed E-state index contributed by atoms with van der Waals surface area (Å²) in [5.41, 5.74) is 2.93. The van der Waals surface area contributed by atoms with Crippen molar-refractivity contribution in [2.24, 2.45) is 0 Å². The van der Waals surface area contributed by atoms with E-state index < -0.39 is 10.0 Å². The van der Waals surface area contributed by atoms with Crippen molar-refractivity contribution in [2.75, 3.05) is 32.0 Å². The van der Waals surface area contributed by atoms with Crippen LogP contribution in [0.5, 0.6) is 0 Å². The molecule has 0 unspecified atom stereocenters. The Morgan fingerprint density at radius 2 is 1.84 bits per heavy atom. The maximum atomic E-state index is 13.1. The molecule has 1 N–H and O–H groups in total. The molecule has 6 nitrogen and oxygen atoms in total. The van der Waals surface area contributed by atoms with Crippen LogP contribution in [0.1, 0.15) is 49.3 Å². The van der Waals surface area contributed by atoms with Gasteiger partial charge in [-0.15, -0.1) is 0 Å². The van der Waals surface area contributed by atoms with Crippen LogP contribution in [0.25, 0.3) is 0 Å². The van der Waals surface area contributed by atoms with Gasteiger partial charge in [-0.2, -0.15) is 4.31 Å². The number of nitrogens with zero attached hydrogens (tertiary/aromatic N) is 2. The van der Waals surface area contributed by atoms with Crippen molar-refractivity contribution in [1.82, 2.24) is 9.21 Å². The number of carbonyl (C=O) groups excluding carboxylic acids is 1. The lowest BCUT2D eigenvalue weighted by atomic mass is 10.1. The molecule has 1 heterocycles. The summed E-state index contributed by atoms with van der Waals surface area (Å²) in [7, 11) is -1.68. The highest BCUT2D eigenvalue weighted by atomic mass is 35.5. The third kappa shape index (κ3) is 5.01. The molecule has 0 spiro atoms. The van der Waals surface area contributed by atoms with Gasteiger partial charge < -0.3 is 5.32 Å². The average Bonchev–Trinajstić information content (AvgIpc) is 3.00. The molecule has 1 amide bonds. The number of sulfonamides is 1. The molecular weight excluding hydrogens is 446 g/mol. The van der Waals surface area contributed by atoms with E-state index in [1.807, 2.05) is 24.1 Å². The summed E-state index contributed by atoms with van der Waals surface area (Å²) in [5.74, 6) is -0.219. The molecule has 172 valence electrons. The molecule has 2 aromatic carbocycles. The molecule has 1 aliphatic heterocycles. The van der Waals surface area contributed by atoms with Gasteiger partial charge in [0.2, 0.25) is 15.9 Å². The molecule has 0 saturated carbocycles. The number of rotatable bonds is 6. The van der Waals surface area contributed by atoms with Crippen LogP contribution >= 0.6 is 11.6 Å². The number of anilines is 1. The van der Waals surface area contributed by atoms with Crippen molar-refractivity contribution in [3.05, 3.63) is 58.6 Å². The summed E-state index contributed by atoms with van der Waals surface area (Å²) in [6.45, 7) is 1.25. The van der Waals surface area contributed by atoms with E-state index in [2.05, 4.69) is 17.4 Å². The zero-order valence-corrected chi connectivity index (χ0v) is 20.0. The average molecular weight is 476 g/mol. The summed E-state index contributed by atoms with van der Waals surface area (Å²) >= 11 is 6.30. The zero-order valence-electron chi connectivity index (χ0n) is 18.4. The van der Waals surface area contributed by atoms with Gasteiger partial charge in [-0.25, -0.2) is 8.42 Å². The largest absolute Gasteiger partial charge is 0.324 e. The predicted molar refractivity (Wildman–Crippen MR) is 127 cm³/mol. The molecule has 2 aliphatic rings. The van der Waals surface area contributed by atoms with Crippen LogP contribution in [0.2, 0.25) is 5.02 Å². The van der Waals surface area contributed by atoms with Gasteiger partial charge in [0.05, 0.1) is 22.2 Å². The molecule has 1 saturated heterocycles. The second kappa shape index (κ2) is 9.91. The maximum Gasteiger partial charge on any atom is 0.243 e. The van der Waals surface area contributed by atoms with E-state index in [-0.39, 0.29) is 23.4 Å². The predicted octanol–water partition coefficient (Wildman–Crippen LogP) is 4.46. The van der Waals surface area contributed by atoms with Crippen LogP contribution < -0.4 is 5.32 Å². The van der Waals surface area contributed by atoms with Crippen molar-refractivity contribution in [3.63, 3.8) is 0 Å². The van der Waals surface area contributed by atoms with Crippen LogP contribution in [0.4, 0.5) is 5.69 Å². The zero-order chi connectivity index (χ0) is 22.7. The second-order valence-corrected chi connectivity index (χ2v) is 11.0. The van der Waals surface area contributed by atoms with Crippen LogP contribution in [-0.4, -0.2) is 50.2 Å². The Morgan fingerprint density at radius 1 is 1.12 bits per heavy atom. The van der Waals surface area contributed by atoms with Gasteiger partial charge in [0.25, 0.3) is 0 Å². The lowest BCUT2D eigenvalue weighted by molar-refractivity contribution is -0.117. The van der Waals surface area contributed by atoms with E-state index in [4.69, 9.17) is 11.6 Å². The number of amides is 1. The van der Waals surface area contributed by atoms with Crippen molar-refractivity contribution in [3.8, 4) is 0 Å². The second-order valence-electron chi connectivity index (χ2n) is 8.68. The van der Waals surface area contributed by atoms with Gasteiger partial charge in [-0.05, 0) is 62.1 Å². The summed E-state index contributed by atoms with van der Waals surface area (Å²) < 4.78 is 27.8. The standard InChI is InChI=1S/C24H30ClN3O3S/c1-27(23-13-10-18-8-4-5-9-20(18)23)17-24(29)26-22-16-19(11-12-21(22)25)32(30,31)28-14-6-2-3-7-15-28/h4-5,8-9,11-12,16,23H,2-3,6-7,10,13-15,17H2,1H3,(H,26,29)/t23-/m1/s1. The number of likely N-dealkylation sites (N-methyl/N-ethyl adjacent to an activating group) is 1. The van der Waals surface area contributed by atoms with Gasteiger partial charge in [0.15, 0.2) is 0 Å². The Hall–Kier alpha value is -1.93. The molecule has 1 aliphatic carbocycles. The summed E-state index contributed by atoms with van der Waals surface area (Å²) in [6, 6.07) is 13.1. The van der Waals surface area contributed by atoms with E-state index >= 15 is 0 Å². The minimum Gasteiger partial charge on any atom is -0.324 e. The van der Waals surface area contributed by atoms with Crippen molar-refractivity contribution < 1.29 is 13.2 Å². The fourth-order valence-electron chi connectivity index (χ4n) is 4.71. The quantitative estimate of drug-likeness (QED) is 0.669. The van der Waals surface area contributed by atoms with E-state index in [1.54, 1.807) is 10.4 Å². The smallest absolute Gasteiger partial charge is 0.243 e. The number of halogens is 1. The highest BCUT2D eigenvalue weighted by Gasteiger charge is 2.28. The summed E-state index contributed by atoms with van der Waals surface area (Å²) in [6.07, 6.45) is 5.82. The van der Waals surface area contributed by atoms with Gasteiger partial charge >= 0.3 is 0 Å². The number of carbonyl (C=O) groups is 1. The first-order valence-corrected chi connectivity index (χ1v) is 13.1. The summed E-state index contributed by atoms with van der Waals surface area (Å²) in [5, 5.41) is 3.14. The minimum atomic E-state index is -3.62. The molecule has 0 radical (unpaired) electrons. The molecule has 1 fully saturated rings. The first kappa shape index (κ1) is 23.2. The highest BCUT2D eigenvalue weighted by molar-refractivity contribution is 7.89. The van der Waals surface area contributed by atoms with Gasteiger partial charge in [-0.1, -0.05) is 48.7 Å². The Balaban J connectivity index is 1.45. The summed E-state index contributed by atoms with van der Waals surface area (Å²) in [4.78, 5) is 15.0. The SMILES string of the molecule is CN(CC(=O)Nc1cc(S(=O)(=O)N2CCCCCC2)ccc1Cl)[C@@H]1CCc2ccccc21.